The molecular weight excluding hydrogens is 176 g/mol. The first-order chi connectivity index (χ1) is 6.68. The summed E-state index contributed by atoms with van der Waals surface area (Å²) in [6, 6.07) is 0.401. The van der Waals surface area contributed by atoms with Gasteiger partial charge in [0.15, 0.2) is 0 Å². The molecule has 0 aromatic heterocycles. The minimum atomic E-state index is 0.194. The lowest BCUT2D eigenvalue weighted by atomic mass is 9.95. The predicted molar refractivity (Wildman–Crippen MR) is 57.9 cm³/mol. The van der Waals surface area contributed by atoms with Crippen LogP contribution in [-0.2, 0) is 4.79 Å². The first-order valence-corrected chi connectivity index (χ1v) is 5.44. The number of rotatable bonds is 4. The molecule has 1 fully saturated rings. The van der Waals surface area contributed by atoms with Crippen LogP contribution in [0.4, 0.5) is 0 Å². The molecule has 1 atom stereocenters. The molecule has 14 heavy (non-hydrogen) atoms. The molecule has 1 N–H and O–H groups in total. The van der Waals surface area contributed by atoms with E-state index in [-0.39, 0.29) is 5.91 Å². The zero-order valence-electron chi connectivity index (χ0n) is 9.25. The van der Waals surface area contributed by atoms with E-state index in [0.29, 0.717) is 12.5 Å². The normalized spacial score (nSPS) is 18.5. The first-order valence-electron chi connectivity index (χ1n) is 5.44. The number of hydrogen-bond acceptors (Lipinski definition) is 2. The topological polar surface area (TPSA) is 32.3 Å². The van der Waals surface area contributed by atoms with E-state index < -0.39 is 0 Å². The van der Waals surface area contributed by atoms with E-state index in [9.17, 15) is 4.79 Å². The van der Waals surface area contributed by atoms with Crippen molar-refractivity contribution in [1.82, 2.24) is 10.2 Å². The van der Waals surface area contributed by atoms with E-state index in [2.05, 4.69) is 11.7 Å². The third kappa shape index (κ3) is 4.61. The SMILES string of the molecule is CN(C)CCC(=O)NC1C[CH]CCC1. The summed E-state index contributed by atoms with van der Waals surface area (Å²) in [5.41, 5.74) is 0. The molecular formula is C11H21N2O. The second-order valence-electron chi connectivity index (χ2n) is 4.27. The third-order valence-electron chi connectivity index (χ3n) is 2.56. The van der Waals surface area contributed by atoms with Crippen LogP contribution in [0.5, 0.6) is 0 Å². The number of amides is 1. The van der Waals surface area contributed by atoms with Gasteiger partial charge in [-0.1, -0.05) is 12.8 Å². The minimum absolute atomic E-state index is 0.194. The van der Waals surface area contributed by atoms with Gasteiger partial charge >= 0.3 is 0 Å². The van der Waals surface area contributed by atoms with Crippen molar-refractivity contribution >= 4 is 5.91 Å². The van der Waals surface area contributed by atoms with Crippen LogP contribution >= 0.6 is 0 Å². The van der Waals surface area contributed by atoms with Crippen LogP contribution in [0, 0.1) is 6.42 Å². The first kappa shape index (κ1) is 11.5. The van der Waals surface area contributed by atoms with Gasteiger partial charge in [-0.05, 0) is 33.4 Å². The average Bonchev–Trinajstić information content (AvgIpc) is 2.16. The Morgan fingerprint density at radius 2 is 2.36 bits per heavy atom. The largest absolute Gasteiger partial charge is 0.353 e. The van der Waals surface area contributed by atoms with Gasteiger partial charge in [0, 0.05) is 19.0 Å². The van der Waals surface area contributed by atoms with Gasteiger partial charge in [-0.25, -0.2) is 0 Å². The van der Waals surface area contributed by atoms with Crippen molar-refractivity contribution in [3.8, 4) is 0 Å². The molecule has 0 bridgehead atoms. The molecule has 0 aromatic rings. The van der Waals surface area contributed by atoms with Crippen LogP contribution in [0.3, 0.4) is 0 Å². The Bertz CT molecular complexity index is 174. The molecule has 1 amide bonds. The van der Waals surface area contributed by atoms with Gasteiger partial charge < -0.3 is 10.2 Å². The molecule has 3 heteroatoms. The molecule has 1 rings (SSSR count). The Kier molecular flexibility index (Phi) is 4.94. The highest BCUT2D eigenvalue weighted by molar-refractivity contribution is 5.76. The Hall–Kier alpha value is -0.570. The van der Waals surface area contributed by atoms with Crippen molar-refractivity contribution in [2.75, 3.05) is 20.6 Å². The average molecular weight is 197 g/mol. The number of hydrogen-bond donors (Lipinski definition) is 1. The van der Waals surface area contributed by atoms with Crippen LogP contribution in [0.25, 0.3) is 0 Å². The maximum atomic E-state index is 11.5. The van der Waals surface area contributed by atoms with Crippen LogP contribution in [0.1, 0.15) is 32.1 Å². The van der Waals surface area contributed by atoms with Crippen LogP contribution in [0.15, 0.2) is 0 Å². The quantitative estimate of drug-likeness (QED) is 0.734. The van der Waals surface area contributed by atoms with Crippen LogP contribution < -0.4 is 5.32 Å². The van der Waals surface area contributed by atoms with Crippen molar-refractivity contribution in [3.63, 3.8) is 0 Å². The van der Waals surface area contributed by atoms with Gasteiger partial charge in [0.1, 0.15) is 0 Å². The summed E-state index contributed by atoms with van der Waals surface area (Å²) in [5, 5.41) is 3.08. The molecule has 1 saturated carbocycles. The van der Waals surface area contributed by atoms with Gasteiger partial charge in [-0.15, -0.1) is 0 Å². The fourth-order valence-corrected chi connectivity index (χ4v) is 1.70. The molecule has 3 nitrogen and oxygen atoms in total. The Morgan fingerprint density at radius 3 is 2.93 bits per heavy atom. The maximum Gasteiger partial charge on any atom is 0.221 e. The Morgan fingerprint density at radius 1 is 1.57 bits per heavy atom. The predicted octanol–water partition coefficient (Wildman–Crippen LogP) is 1.20. The fourth-order valence-electron chi connectivity index (χ4n) is 1.70. The highest BCUT2D eigenvalue weighted by atomic mass is 16.1. The van der Waals surface area contributed by atoms with Crippen LogP contribution in [-0.4, -0.2) is 37.5 Å². The summed E-state index contributed by atoms with van der Waals surface area (Å²) in [5.74, 6) is 0.194. The Balaban J connectivity index is 2.12. The molecule has 0 heterocycles. The van der Waals surface area contributed by atoms with Crippen molar-refractivity contribution in [1.29, 1.82) is 0 Å². The van der Waals surface area contributed by atoms with Crippen molar-refractivity contribution < 1.29 is 4.79 Å². The van der Waals surface area contributed by atoms with E-state index in [4.69, 9.17) is 0 Å². The minimum Gasteiger partial charge on any atom is -0.353 e. The number of nitrogens with zero attached hydrogens (tertiary/aromatic N) is 1. The third-order valence-corrected chi connectivity index (χ3v) is 2.56. The zero-order valence-corrected chi connectivity index (χ0v) is 9.25. The standard InChI is InChI=1S/C11H21N2O/c1-13(2)9-8-11(14)12-10-6-4-3-5-7-10/h4,10H,3,5-9H2,1-2H3,(H,12,14). The van der Waals surface area contributed by atoms with Crippen LogP contribution in [0.2, 0.25) is 0 Å². The van der Waals surface area contributed by atoms with E-state index in [1.165, 1.54) is 12.8 Å². The lowest BCUT2D eigenvalue weighted by molar-refractivity contribution is -0.122. The fraction of sp³-hybridized carbons (Fsp3) is 0.818. The monoisotopic (exact) mass is 197 g/mol. The van der Waals surface area contributed by atoms with E-state index in [1.54, 1.807) is 0 Å². The molecule has 0 saturated heterocycles. The molecule has 1 aliphatic rings. The van der Waals surface area contributed by atoms with Gasteiger partial charge in [-0.2, -0.15) is 0 Å². The summed E-state index contributed by atoms with van der Waals surface area (Å²) in [6.45, 7) is 0.836. The summed E-state index contributed by atoms with van der Waals surface area (Å²) in [4.78, 5) is 13.5. The van der Waals surface area contributed by atoms with E-state index in [1.807, 2.05) is 19.0 Å². The van der Waals surface area contributed by atoms with Gasteiger partial charge in [0.2, 0.25) is 5.91 Å². The second kappa shape index (κ2) is 6.02. The molecule has 1 aliphatic carbocycles. The number of carbonyl (C=O) groups is 1. The second-order valence-corrected chi connectivity index (χ2v) is 4.27. The summed E-state index contributed by atoms with van der Waals surface area (Å²) < 4.78 is 0. The molecule has 0 spiro atoms. The molecule has 1 unspecified atom stereocenters. The lowest BCUT2D eigenvalue weighted by Crippen LogP contribution is -2.37. The van der Waals surface area contributed by atoms with Crippen molar-refractivity contribution in [3.05, 3.63) is 6.42 Å². The van der Waals surface area contributed by atoms with Gasteiger partial charge in [-0.3, -0.25) is 4.79 Å². The van der Waals surface area contributed by atoms with Gasteiger partial charge in [0.05, 0.1) is 0 Å². The smallest absolute Gasteiger partial charge is 0.221 e. The molecule has 1 radical (unpaired) electrons. The van der Waals surface area contributed by atoms with Gasteiger partial charge in [0.25, 0.3) is 0 Å². The molecule has 81 valence electrons. The van der Waals surface area contributed by atoms with Crippen molar-refractivity contribution in [2.45, 2.75) is 38.1 Å². The molecule has 0 aliphatic heterocycles. The van der Waals surface area contributed by atoms with E-state index in [0.717, 1.165) is 19.4 Å². The summed E-state index contributed by atoms with van der Waals surface area (Å²) in [6.07, 6.45) is 7.52. The highest BCUT2D eigenvalue weighted by Crippen LogP contribution is 2.16. The summed E-state index contributed by atoms with van der Waals surface area (Å²) in [7, 11) is 3.98. The molecule has 0 aromatic carbocycles. The summed E-state index contributed by atoms with van der Waals surface area (Å²) >= 11 is 0. The highest BCUT2D eigenvalue weighted by Gasteiger charge is 2.15. The Labute approximate surface area is 86.9 Å². The maximum absolute atomic E-state index is 11.5. The van der Waals surface area contributed by atoms with Crippen molar-refractivity contribution in [2.24, 2.45) is 0 Å². The van der Waals surface area contributed by atoms with E-state index >= 15 is 0 Å². The zero-order chi connectivity index (χ0) is 10.4. The number of nitrogens with one attached hydrogen (secondary N) is 1. The lowest BCUT2D eigenvalue weighted by Gasteiger charge is -2.22. The number of carbonyl (C=O) groups excluding carboxylic acids is 1.